The maximum atomic E-state index is 13.2. The van der Waals surface area contributed by atoms with Crippen molar-refractivity contribution in [2.24, 2.45) is 0 Å². The van der Waals surface area contributed by atoms with E-state index in [1.54, 1.807) is 6.07 Å². The van der Waals surface area contributed by atoms with Crippen LogP contribution in [0.5, 0.6) is 0 Å². The number of nitrogens with zero attached hydrogens (tertiary/aromatic N) is 1. The van der Waals surface area contributed by atoms with Gasteiger partial charge in [0.25, 0.3) is 10.0 Å². The number of nitriles is 1. The van der Waals surface area contributed by atoms with Crippen LogP contribution in [0.15, 0.2) is 41.3 Å². The average Bonchev–Trinajstić information content (AvgIpc) is 2.43. The number of nitrogens with one attached hydrogen (secondary N) is 1. The van der Waals surface area contributed by atoms with E-state index in [4.69, 9.17) is 11.0 Å². The number of rotatable bonds is 3. The molecule has 2 aromatic carbocycles. The molecule has 0 aromatic heterocycles. The molecule has 0 bridgehead atoms. The molecule has 0 atom stereocenters. The van der Waals surface area contributed by atoms with Crippen molar-refractivity contribution in [1.82, 2.24) is 0 Å². The molecule has 0 aliphatic carbocycles. The molecule has 0 unspecified atom stereocenters. The minimum Gasteiger partial charge on any atom is -0.398 e. The van der Waals surface area contributed by atoms with Crippen molar-refractivity contribution in [2.75, 3.05) is 10.5 Å². The van der Waals surface area contributed by atoms with Crippen molar-refractivity contribution in [1.29, 1.82) is 5.26 Å². The molecule has 2 rings (SSSR count). The van der Waals surface area contributed by atoms with Crippen molar-refractivity contribution >= 4 is 21.4 Å². The van der Waals surface area contributed by atoms with Gasteiger partial charge in [-0.15, -0.1) is 0 Å². The van der Waals surface area contributed by atoms with Gasteiger partial charge in [0.15, 0.2) is 0 Å². The summed E-state index contributed by atoms with van der Waals surface area (Å²) in [5.74, 6) is -1.54. The van der Waals surface area contributed by atoms with E-state index in [0.29, 0.717) is 0 Å². The number of hydrogen-bond donors (Lipinski definition) is 2. The first kappa shape index (κ1) is 14.7. The maximum Gasteiger partial charge on any atom is 0.264 e. The summed E-state index contributed by atoms with van der Waals surface area (Å²) in [7, 11) is -4.15. The predicted octanol–water partition coefficient (Wildman–Crippen LogP) is 2.22. The Bertz CT molecular complexity index is 845. The number of anilines is 2. The number of sulfonamides is 1. The third-order valence-corrected chi connectivity index (χ3v) is 4.04. The van der Waals surface area contributed by atoms with E-state index in [0.717, 1.165) is 36.4 Å². The van der Waals surface area contributed by atoms with Gasteiger partial charge in [0.1, 0.15) is 22.6 Å². The summed E-state index contributed by atoms with van der Waals surface area (Å²) in [6.45, 7) is 0. The van der Waals surface area contributed by atoms with Crippen LogP contribution in [0.4, 0.5) is 20.2 Å². The van der Waals surface area contributed by atoms with Crippen LogP contribution in [-0.2, 0) is 10.0 Å². The van der Waals surface area contributed by atoms with Crippen LogP contribution in [-0.4, -0.2) is 8.42 Å². The van der Waals surface area contributed by atoms with Gasteiger partial charge in [-0.05, 0) is 36.4 Å². The van der Waals surface area contributed by atoms with Gasteiger partial charge in [-0.25, -0.2) is 17.2 Å². The van der Waals surface area contributed by atoms with Gasteiger partial charge in [0.05, 0.1) is 16.9 Å². The molecule has 8 heteroatoms. The van der Waals surface area contributed by atoms with Gasteiger partial charge in [-0.1, -0.05) is 0 Å². The Kier molecular flexibility index (Phi) is 3.78. The zero-order valence-corrected chi connectivity index (χ0v) is 11.3. The second-order valence-corrected chi connectivity index (χ2v) is 5.74. The molecule has 3 N–H and O–H groups in total. The van der Waals surface area contributed by atoms with Gasteiger partial charge in [0.2, 0.25) is 0 Å². The summed E-state index contributed by atoms with van der Waals surface area (Å²) >= 11 is 0. The quantitative estimate of drug-likeness (QED) is 0.850. The molecule has 0 amide bonds. The summed E-state index contributed by atoms with van der Waals surface area (Å²) in [6, 6.07) is 7.63. The van der Waals surface area contributed by atoms with Crippen LogP contribution < -0.4 is 10.5 Å². The molecule has 108 valence electrons. The largest absolute Gasteiger partial charge is 0.398 e. The van der Waals surface area contributed by atoms with Crippen LogP contribution in [0, 0.1) is 23.0 Å². The SMILES string of the molecule is N#Cc1cc(NS(=O)(=O)c2cc(F)ccc2N)ccc1F. The van der Waals surface area contributed by atoms with Crippen molar-refractivity contribution < 1.29 is 17.2 Å². The Morgan fingerprint density at radius 2 is 1.86 bits per heavy atom. The Morgan fingerprint density at radius 1 is 1.14 bits per heavy atom. The van der Waals surface area contributed by atoms with Crippen LogP contribution in [0.3, 0.4) is 0 Å². The highest BCUT2D eigenvalue weighted by atomic mass is 32.2. The minimum absolute atomic E-state index is 0.0309. The van der Waals surface area contributed by atoms with Crippen molar-refractivity contribution in [3.05, 3.63) is 53.6 Å². The van der Waals surface area contributed by atoms with E-state index in [2.05, 4.69) is 4.72 Å². The Hall–Kier alpha value is -2.66. The normalized spacial score (nSPS) is 10.9. The molecule has 2 aromatic rings. The summed E-state index contributed by atoms with van der Waals surface area (Å²) in [5, 5.41) is 8.70. The molecule has 0 aliphatic heterocycles. The number of benzene rings is 2. The maximum absolute atomic E-state index is 13.2. The summed E-state index contributed by atoms with van der Waals surface area (Å²) < 4.78 is 52.7. The summed E-state index contributed by atoms with van der Waals surface area (Å²) in [4.78, 5) is -0.440. The zero-order valence-electron chi connectivity index (χ0n) is 10.5. The zero-order chi connectivity index (χ0) is 15.6. The van der Waals surface area contributed by atoms with E-state index >= 15 is 0 Å². The fourth-order valence-corrected chi connectivity index (χ4v) is 2.82. The Labute approximate surface area is 119 Å². The molecule has 0 heterocycles. The molecule has 0 radical (unpaired) electrons. The molecular formula is C13H9F2N3O2S. The third-order valence-electron chi connectivity index (χ3n) is 2.60. The smallest absolute Gasteiger partial charge is 0.264 e. The molecule has 21 heavy (non-hydrogen) atoms. The monoisotopic (exact) mass is 309 g/mol. The van der Waals surface area contributed by atoms with Crippen LogP contribution in [0.25, 0.3) is 0 Å². The molecule has 0 saturated carbocycles. The molecule has 0 saturated heterocycles. The topological polar surface area (TPSA) is 96.0 Å². The number of hydrogen-bond acceptors (Lipinski definition) is 4. The van der Waals surface area contributed by atoms with E-state index in [1.807, 2.05) is 0 Å². The molecular weight excluding hydrogens is 300 g/mol. The predicted molar refractivity (Wildman–Crippen MR) is 72.7 cm³/mol. The van der Waals surface area contributed by atoms with Crippen LogP contribution >= 0.6 is 0 Å². The lowest BCUT2D eigenvalue weighted by molar-refractivity contribution is 0.595. The number of halogens is 2. The van der Waals surface area contributed by atoms with E-state index < -0.39 is 26.6 Å². The van der Waals surface area contributed by atoms with Crippen LogP contribution in [0.2, 0.25) is 0 Å². The first-order chi connectivity index (χ1) is 9.83. The van der Waals surface area contributed by atoms with E-state index in [-0.39, 0.29) is 16.9 Å². The van der Waals surface area contributed by atoms with Gasteiger partial charge >= 0.3 is 0 Å². The second-order valence-electron chi connectivity index (χ2n) is 4.09. The average molecular weight is 309 g/mol. The van der Waals surface area contributed by atoms with E-state index in [1.165, 1.54) is 0 Å². The highest BCUT2D eigenvalue weighted by molar-refractivity contribution is 7.92. The molecule has 5 nitrogen and oxygen atoms in total. The van der Waals surface area contributed by atoms with Crippen molar-refractivity contribution in [2.45, 2.75) is 4.90 Å². The lowest BCUT2D eigenvalue weighted by Gasteiger charge is -2.10. The lowest BCUT2D eigenvalue weighted by Crippen LogP contribution is -2.15. The van der Waals surface area contributed by atoms with E-state index in [9.17, 15) is 17.2 Å². The van der Waals surface area contributed by atoms with Gasteiger partial charge < -0.3 is 5.73 Å². The molecule has 0 aliphatic rings. The van der Waals surface area contributed by atoms with Crippen LogP contribution in [0.1, 0.15) is 5.56 Å². The second kappa shape index (κ2) is 5.38. The number of nitrogen functional groups attached to an aromatic ring is 1. The molecule has 0 spiro atoms. The lowest BCUT2D eigenvalue weighted by atomic mass is 10.2. The first-order valence-corrected chi connectivity index (χ1v) is 7.09. The fourth-order valence-electron chi connectivity index (χ4n) is 1.63. The standard InChI is InChI=1S/C13H9F2N3O2S/c14-9-1-4-12(17)13(6-9)21(19,20)18-10-2-3-11(15)8(5-10)7-16/h1-6,18H,17H2. The van der Waals surface area contributed by atoms with Gasteiger partial charge in [-0.3, -0.25) is 4.72 Å². The Balaban J connectivity index is 2.43. The summed E-state index contributed by atoms with van der Waals surface area (Å²) in [5.41, 5.74) is 5.03. The van der Waals surface area contributed by atoms with Gasteiger partial charge in [0, 0.05) is 0 Å². The molecule has 0 fully saturated rings. The Morgan fingerprint density at radius 3 is 2.52 bits per heavy atom. The summed E-state index contributed by atoms with van der Waals surface area (Å²) in [6.07, 6.45) is 0. The fraction of sp³-hybridized carbons (Fsp3) is 0. The van der Waals surface area contributed by atoms with Crippen molar-refractivity contribution in [3.63, 3.8) is 0 Å². The highest BCUT2D eigenvalue weighted by Crippen LogP contribution is 2.23. The van der Waals surface area contributed by atoms with Crippen molar-refractivity contribution in [3.8, 4) is 6.07 Å². The highest BCUT2D eigenvalue weighted by Gasteiger charge is 2.19. The first-order valence-electron chi connectivity index (χ1n) is 5.61. The minimum atomic E-state index is -4.15. The number of nitrogens with two attached hydrogens (primary N) is 1. The van der Waals surface area contributed by atoms with Gasteiger partial charge in [-0.2, -0.15) is 5.26 Å². The third kappa shape index (κ3) is 3.09.